The highest BCUT2D eigenvalue weighted by Gasteiger charge is 2.46. The minimum Gasteiger partial charge on any atom is -0.481 e. The molecule has 3 aliphatic carbocycles. The van der Waals surface area contributed by atoms with Gasteiger partial charge in [-0.3, -0.25) is 4.79 Å². The van der Waals surface area contributed by atoms with Gasteiger partial charge >= 0.3 is 5.97 Å². The van der Waals surface area contributed by atoms with Crippen LogP contribution in [0.1, 0.15) is 77.0 Å². The van der Waals surface area contributed by atoms with Gasteiger partial charge in [0.05, 0.1) is 12.0 Å². The summed E-state index contributed by atoms with van der Waals surface area (Å²) in [6, 6.07) is 0. The molecule has 0 radical (unpaired) electrons. The third-order valence-electron chi connectivity index (χ3n) is 6.81. The molecular formula is C23H34O4. The lowest BCUT2D eigenvalue weighted by Crippen LogP contribution is -2.44. The van der Waals surface area contributed by atoms with E-state index in [1.54, 1.807) is 0 Å². The van der Waals surface area contributed by atoms with Gasteiger partial charge in [-0.25, -0.2) is 0 Å². The molecule has 0 aliphatic heterocycles. The summed E-state index contributed by atoms with van der Waals surface area (Å²) in [5.41, 5.74) is 1.42. The molecule has 1 unspecified atom stereocenters. The Morgan fingerprint density at radius 2 is 1.96 bits per heavy atom. The maximum absolute atomic E-state index is 10.6. The van der Waals surface area contributed by atoms with Crippen LogP contribution in [0.5, 0.6) is 0 Å². The second kappa shape index (κ2) is 9.75. The Balaban J connectivity index is 1.50. The first-order valence-electron chi connectivity index (χ1n) is 10.8. The van der Waals surface area contributed by atoms with Crippen molar-refractivity contribution in [1.82, 2.24) is 0 Å². The van der Waals surface area contributed by atoms with E-state index < -0.39 is 12.1 Å². The maximum atomic E-state index is 10.6. The molecule has 3 rings (SSSR count). The summed E-state index contributed by atoms with van der Waals surface area (Å²) in [4.78, 5) is 10.6. The van der Waals surface area contributed by atoms with Crippen LogP contribution in [0.4, 0.5) is 0 Å². The quantitative estimate of drug-likeness (QED) is 0.374. The molecule has 150 valence electrons. The number of hydrogen-bond donors (Lipinski definition) is 3. The first-order valence-corrected chi connectivity index (χ1v) is 10.8. The number of unbranched alkanes of at least 4 members (excludes halogenated alkanes) is 1. The third kappa shape index (κ3) is 5.59. The molecule has 4 heteroatoms. The number of hydrogen-bond acceptors (Lipinski definition) is 3. The van der Waals surface area contributed by atoms with Crippen molar-refractivity contribution in [2.45, 2.75) is 89.3 Å². The minimum absolute atomic E-state index is 0.0269. The zero-order valence-corrected chi connectivity index (χ0v) is 16.3. The average molecular weight is 375 g/mol. The highest BCUT2D eigenvalue weighted by atomic mass is 16.4. The zero-order chi connectivity index (χ0) is 19.2. The van der Waals surface area contributed by atoms with Gasteiger partial charge in [0.1, 0.15) is 6.10 Å². The van der Waals surface area contributed by atoms with E-state index in [0.29, 0.717) is 24.2 Å². The number of carbonyl (C=O) groups is 1. The number of rotatable bonds is 6. The molecule has 0 heterocycles. The Morgan fingerprint density at radius 1 is 1.19 bits per heavy atom. The fraction of sp³-hybridized carbons (Fsp3) is 0.783. The van der Waals surface area contributed by atoms with Gasteiger partial charge in [-0.05, 0) is 56.3 Å². The molecule has 3 saturated carbocycles. The second-order valence-electron chi connectivity index (χ2n) is 8.75. The molecule has 0 aromatic rings. The summed E-state index contributed by atoms with van der Waals surface area (Å²) in [7, 11) is 0. The summed E-state index contributed by atoms with van der Waals surface area (Å²) < 4.78 is 0. The first-order chi connectivity index (χ1) is 13.0. The predicted octanol–water partition coefficient (Wildman–Crippen LogP) is 3.91. The Labute approximate surface area is 163 Å². The summed E-state index contributed by atoms with van der Waals surface area (Å²) >= 11 is 0. The van der Waals surface area contributed by atoms with E-state index in [4.69, 9.17) is 5.11 Å². The lowest BCUT2D eigenvalue weighted by atomic mass is 9.57. The molecule has 3 N–H and O–H groups in total. The first kappa shape index (κ1) is 20.4. The van der Waals surface area contributed by atoms with E-state index in [2.05, 4.69) is 17.9 Å². The summed E-state index contributed by atoms with van der Waals surface area (Å²) in [6.45, 7) is 0. The van der Waals surface area contributed by atoms with Crippen LogP contribution in [0.15, 0.2) is 11.6 Å². The van der Waals surface area contributed by atoms with Crippen LogP contribution in [0.3, 0.4) is 0 Å². The lowest BCUT2D eigenvalue weighted by Gasteiger charge is -2.48. The largest absolute Gasteiger partial charge is 0.481 e. The van der Waals surface area contributed by atoms with Gasteiger partial charge in [0.15, 0.2) is 0 Å². The van der Waals surface area contributed by atoms with E-state index in [0.717, 1.165) is 32.1 Å². The van der Waals surface area contributed by atoms with Crippen LogP contribution >= 0.6 is 0 Å². The molecule has 0 spiro atoms. The Morgan fingerprint density at radius 3 is 2.70 bits per heavy atom. The molecule has 3 aliphatic rings. The van der Waals surface area contributed by atoms with Gasteiger partial charge in [0.25, 0.3) is 0 Å². The fourth-order valence-electron chi connectivity index (χ4n) is 5.24. The molecule has 4 nitrogen and oxygen atoms in total. The molecule has 3 fully saturated rings. The van der Waals surface area contributed by atoms with Crippen molar-refractivity contribution in [2.24, 2.45) is 23.7 Å². The Kier molecular flexibility index (Phi) is 7.38. The molecule has 0 aromatic heterocycles. The van der Waals surface area contributed by atoms with Crippen molar-refractivity contribution in [1.29, 1.82) is 0 Å². The van der Waals surface area contributed by atoms with Gasteiger partial charge in [-0.1, -0.05) is 55.6 Å². The van der Waals surface area contributed by atoms with Crippen LogP contribution in [-0.4, -0.2) is 33.5 Å². The SMILES string of the molecule is O=C(O)CCC/C=C1\C[C@@H]2[C@@H](C#CC(O)CC3CCCCC3)[C@H](O)CC[C@H]12. The highest BCUT2D eigenvalue weighted by molar-refractivity contribution is 5.66. The second-order valence-corrected chi connectivity index (χ2v) is 8.75. The van der Waals surface area contributed by atoms with Crippen molar-refractivity contribution in [2.75, 3.05) is 0 Å². The number of carboxylic acid groups (broad SMARTS) is 1. The number of fused-ring (bicyclic) bond motifs is 1. The van der Waals surface area contributed by atoms with E-state index in [9.17, 15) is 15.0 Å². The van der Waals surface area contributed by atoms with E-state index in [1.165, 1.54) is 37.7 Å². The third-order valence-corrected chi connectivity index (χ3v) is 6.81. The number of aliphatic hydroxyl groups excluding tert-OH is 2. The number of aliphatic hydroxyl groups is 2. The lowest BCUT2D eigenvalue weighted by molar-refractivity contribution is -0.137. The van der Waals surface area contributed by atoms with E-state index in [-0.39, 0.29) is 18.4 Å². The Hall–Kier alpha value is -1.31. The zero-order valence-electron chi connectivity index (χ0n) is 16.3. The number of allylic oxidation sites excluding steroid dienone is 2. The number of carboxylic acids is 1. The maximum Gasteiger partial charge on any atom is 0.303 e. The van der Waals surface area contributed by atoms with Crippen molar-refractivity contribution in [3.8, 4) is 11.8 Å². The van der Waals surface area contributed by atoms with Gasteiger partial charge in [-0.2, -0.15) is 0 Å². The van der Waals surface area contributed by atoms with Gasteiger partial charge < -0.3 is 15.3 Å². The van der Waals surface area contributed by atoms with Crippen molar-refractivity contribution in [3.63, 3.8) is 0 Å². The van der Waals surface area contributed by atoms with Crippen molar-refractivity contribution in [3.05, 3.63) is 11.6 Å². The van der Waals surface area contributed by atoms with Crippen molar-refractivity contribution < 1.29 is 20.1 Å². The molecule has 0 amide bonds. The molecular weight excluding hydrogens is 340 g/mol. The van der Waals surface area contributed by atoms with Crippen LogP contribution in [0.2, 0.25) is 0 Å². The topological polar surface area (TPSA) is 77.8 Å². The van der Waals surface area contributed by atoms with Crippen LogP contribution in [0.25, 0.3) is 0 Å². The fourth-order valence-corrected chi connectivity index (χ4v) is 5.24. The van der Waals surface area contributed by atoms with Crippen LogP contribution in [0, 0.1) is 35.5 Å². The van der Waals surface area contributed by atoms with E-state index >= 15 is 0 Å². The summed E-state index contributed by atoms with van der Waals surface area (Å²) in [5, 5.41) is 29.5. The molecule has 0 bridgehead atoms. The number of aliphatic carboxylic acids is 1. The monoisotopic (exact) mass is 374 g/mol. The summed E-state index contributed by atoms with van der Waals surface area (Å²) in [5.74, 6) is 7.03. The van der Waals surface area contributed by atoms with Gasteiger partial charge in [-0.15, -0.1) is 0 Å². The van der Waals surface area contributed by atoms with Gasteiger partial charge in [0.2, 0.25) is 0 Å². The van der Waals surface area contributed by atoms with Crippen molar-refractivity contribution >= 4 is 5.97 Å². The van der Waals surface area contributed by atoms with Gasteiger partial charge in [0, 0.05) is 6.42 Å². The Bertz CT molecular complexity index is 593. The minimum atomic E-state index is -0.734. The normalized spacial score (nSPS) is 33.5. The molecule has 5 atom stereocenters. The summed E-state index contributed by atoms with van der Waals surface area (Å²) in [6.07, 6.45) is 12.8. The smallest absolute Gasteiger partial charge is 0.303 e. The standard InChI is InChI=1S/C23H34O4/c24-18(14-16-6-2-1-3-7-16)10-11-20-21-15-17(8-4-5-9-23(26)27)19(21)12-13-22(20)25/h8,16,18-22,24-25H,1-7,9,12-15H2,(H,26,27)/b17-8+/t18?,19-,20-,21+,22-/m1/s1. The molecule has 27 heavy (non-hydrogen) atoms. The average Bonchev–Trinajstić information content (AvgIpc) is 2.62. The predicted molar refractivity (Wildman–Crippen MR) is 105 cm³/mol. The van der Waals surface area contributed by atoms with Crippen LogP contribution in [-0.2, 0) is 4.79 Å². The highest BCUT2D eigenvalue weighted by Crippen LogP contribution is 2.51. The molecule has 0 saturated heterocycles. The van der Waals surface area contributed by atoms with Crippen LogP contribution < -0.4 is 0 Å². The molecule has 0 aromatic carbocycles. The van der Waals surface area contributed by atoms with E-state index in [1.807, 2.05) is 0 Å².